The van der Waals surface area contributed by atoms with Gasteiger partial charge in [-0.25, -0.2) is 4.39 Å². The van der Waals surface area contributed by atoms with Crippen LogP contribution in [-0.4, -0.2) is 48.6 Å². The van der Waals surface area contributed by atoms with Crippen LogP contribution in [-0.2, 0) is 14.3 Å². The Morgan fingerprint density at radius 2 is 2.05 bits per heavy atom. The van der Waals surface area contributed by atoms with Gasteiger partial charge < -0.3 is 14.5 Å². The van der Waals surface area contributed by atoms with E-state index in [-0.39, 0.29) is 24.2 Å². The third-order valence-electron chi connectivity index (χ3n) is 4.49. The molecule has 0 N–H and O–H groups in total. The molecule has 6 heteroatoms. The molecule has 2 aliphatic heterocycles. The number of halogens is 1. The molecular formula is C16H19FN2O3. The number of amides is 2. The van der Waals surface area contributed by atoms with Gasteiger partial charge in [0.1, 0.15) is 12.4 Å². The zero-order valence-corrected chi connectivity index (χ0v) is 12.5. The number of anilines is 1. The number of carbonyl (C=O) groups excluding carboxylic acids is 2. The highest BCUT2D eigenvalue weighted by Crippen LogP contribution is 2.32. The highest BCUT2D eigenvalue weighted by molar-refractivity contribution is 5.95. The Hall–Kier alpha value is -1.95. The average Bonchev–Trinajstić information content (AvgIpc) is 2.50. The summed E-state index contributed by atoms with van der Waals surface area (Å²) in [5, 5.41) is 0. The van der Waals surface area contributed by atoms with E-state index in [9.17, 15) is 14.0 Å². The van der Waals surface area contributed by atoms with Crippen molar-refractivity contribution in [3.8, 4) is 0 Å². The number of ether oxygens (including phenoxy) is 1. The Morgan fingerprint density at radius 3 is 2.68 bits per heavy atom. The van der Waals surface area contributed by atoms with Crippen molar-refractivity contribution in [1.82, 2.24) is 4.90 Å². The average molecular weight is 306 g/mol. The fourth-order valence-electron chi connectivity index (χ4n) is 3.13. The van der Waals surface area contributed by atoms with E-state index in [1.165, 1.54) is 12.1 Å². The Labute approximate surface area is 128 Å². The van der Waals surface area contributed by atoms with Gasteiger partial charge in [-0.3, -0.25) is 9.59 Å². The zero-order valence-electron chi connectivity index (χ0n) is 12.5. The molecule has 0 aliphatic carbocycles. The van der Waals surface area contributed by atoms with Gasteiger partial charge in [0.05, 0.1) is 12.1 Å². The van der Waals surface area contributed by atoms with E-state index in [4.69, 9.17) is 4.74 Å². The minimum atomic E-state index is -0.438. The summed E-state index contributed by atoms with van der Waals surface area (Å²) in [5.74, 6) is -0.466. The number of benzene rings is 1. The third-order valence-corrected chi connectivity index (χ3v) is 4.49. The topological polar surface area (TPSA) is 49.9 Å². The maximum Gasteiger partial charge on any atom is 0.253 e. The molecule has 0 unspecified atom stereocenters. The normalized spacial score (nSPS) is 21.3. The van der Waals surface area contributed by atoms with E-state index in [0.29, 0.717) is 38.2 Å². The maximum atomic E-state index is 13.4. The van der Waals surface area contributed by atoms with E-state index in [1.54, 1.807) is 28.9 Å². The molecule has 0 bridgehead atoms. The number of likely N-dealkylation sites (tertiary alicyclic amines) is 1. The smallest absolute Gasteiger partial charge is 0.253 e. The fraction of sp³-hybridized carbons (Fsp3) is 0.500. The Morgan fingerprint density at radius 1 is 1.32 bits per heavy atom. The molecule has 1 aromatic rings. The molecule has 118 valence electrons. The van der Waals surface area contributed by atoms with Crippen molar-refractivity contribution in [3.63, 3.8) is 0 Å². The molecule has 3 rings (SSSR count). The number of carbonyl (C=O) groups is 2. The van der Waals surface area contributed by atoms with E-state index >= 15 is 0 Å². The van der Waals surface area contributed by atoms with Gasteiger partial charge >= 0.3 is 0 Å². The summed E-state index contributed by atoms with van der Waals surface area (Å²) in [5.41, 5.74) is 0.119. The van der Waals surface area contributed by atoms with Gasteiger partial charge in [0.15, 0.2) is 0 Å². The van der Waals surface area contributed by atoms with Crippen LogP contribution in [0.4, 0.5) is 10.1 Å². The first-order valence-corrected chi connectivity index (χ1v) is 7.45. The summed E-state index contributed by atoms with van der Waals surface area (Å²) >= 11 is 0. The summed E-state index contributed by atoms with van der Waals surface area (Å²) in [4.78, 5) is 26.9. The van der Waals surface area contributed by atoms with E-state index in [1.807, 2.05) is 0 Å². The van der Waals surface area contributed by atoms with Crippen molar-refractivity contribution < 1.29 is 18.7 Å². The van der Waals surface area contributed by atoms with Gasteiger partial charge in [-0.2, -0.15) is 0 Å². The predicted octanol–water partition coefficient (Wildman–Crippen LogP) is 1.57. The highest BCUT2D eigenvalue weighted by Gasteiger charge is 2.43. The standard InChI is InChI=1S/C16H19FN2O3/c1-12(20)18-7-5-16(6-8-18)11-19(15(21)10-22-16)14-4-2-3-13(17)9-14/h2-4,9H,5-8,10-11H2,1H3. The minimum Gasteiger partial charge on any atom is -0.363 e. The first-order chi connectivity index (χ1) is 10.5. The van der Waals surface area contributed by atoms with Crippen molar-refractivity contribution in [2.45, 2.75) is 25.4 Å². The van der Waals surface area contributed by atoms with E-state index in [2.05, 4.69) is 0 Å². The summed E-state index contributed by atoms with van der Waals surface area (Å²) in [7, 11) is 0. The van der Waals surface area contributed by atoms with Gasteiger partial charge in [-0.15, -0.1) is 0 Å². The van der Waals surface area contributed by atoms with Gasteiger partial charge in [-0.1, -0.05) is 6.07 Å². The molecule has 0 aromatic heterocycles. The SMILES string of the molecule is CC(=O)N1CCC2(CC1)CN(c1cccc(F)c1)C(=O)CO2. The number of morpholine rings is 1. The quantitative estimate of drug-likeness (QED) is 0.791. The largest absolute Gasteiger partial charge is 0.363 e. The molecule has 0 saturated carbocycles. The van der Waals surface area contributed by atoms with Crippen LogP contribution < -0.4 is 4.90 Å². The van der Waals surface area contributed by atoms with Crippen LogP contribution in [0.25, 0.3) is 0 Å². The molecule has 1 spiro atoms. The van der Waals surface area contributed by atoms with Crippen molar-refractivity contribution >= 4 is 17.5 Å². The first kappa shape index (κ1) is 15.0. The number of nitrogens with zero attached hydrogens (tertiary/aromatic N) is 2. The second-order valence-corrected chi connectivity index (χ2v) is 5.94. The summed E-state index contributed by atoms with van der Waals surface area (Å²) in [6.07, 6.45) is 1.37. The van der Waals surface area contributed by atoms with Crippen molar-refractivity contribution in [2.24, 2.45) is 0 Å². The molecular weight excluding hydrogens is 287 g/mol. The van der Waals surface area contributed by atoms with Crippen LogP contribution in [0.1, 0.15) is 19.8 Å². The predicted molar refractivity (Wildman–Crippen MR) is 78.9 cm³/mol. The van der Waals surface area contributed by atoms with Gasteiger partial charge in [0, 0.05) is 25.7 Å². The van der Waals surface area contributed by atoms with Gasteiger partial charge in [-0.05, 0) is 31.0 Å². The van der Waals surface area contributed by atoms with Crippen LogP contribution in [0.5, 0.6) is 0 Å². The van der Waals surface area contributed by atoms with Crippen LogP contribution in [0, 0.1) is 5.82 Å². The van der Waals surface area contributed by atoms with Crippen molar-refractivity contribution in [1.29, 1.82) is 0 Å². The summed E-state index contributed by atoms with van der Waals surface area (Å²) in [6, 6.07) is 6.04. The fourth-order valence-corrected chi connectivity index (χ4v) is 3.13. The molecule has 2 amide bonds. The number of rotatable bonds is 1. The van der Waals surface area contributed by atoms with Crippen LogP contribution in [0.3, 0.4) is 0 Å². The zero-order chi connectivity index (χ0) is 15.7. The van der Waals surface area contributed by atoms with Gasteiger partial charge in [0.25, 0.3) is 5.91 Å². The molecule has 2 saturated heterocycles. The number of piperidine rings is 1. The molecule has 22 heavy (non-hydrogen) atoms. The highest BCUT2D eigenvalue weighted by atomic mass is 19.1. The molecule has 0 radical (unpaired) electrons. The Kier molecular flexibility index (Phi) is 3.87. The van der Waals surface area contributed by atoms with E-state index in [0.717, 1.165) is 0 Å². The van der Waals surface area contributed by atoms with Crippen molar-refractivity contribution in [2.75, 3.05) is 31.1 Å². The lowest BCUT2D eigenvalue weighted by Crippen LogP contribution is -2.59. The summed E-state index contributed by atoms with van der Waals surface area (Å²) < 4.78 is 19.2. The lowest BCUT2D eigenvalue weighted by atomic mass is 9.89. The van der Waals surface area contributed by atoms with Gasteiger partial charge in [0.2, 0.25) is 5.91 Å². The molecule has 2 fully saturated rings. The third kappa shape index (κ3) is 2.83. The first-order valence-electron chi connectivity index (χ1n) is 7.45. The lowest BCUT2D eigenvalue weighted by Gasteiger charge is -2.46. The molecule has 1 aromatic carbocycles. The van der Waals surface area contributed by atoms with Crippen molar-refractivity contribution in [3.05, 3.63) is 30.1 Å². The molecule has 2 aliphatic rings. The monoisotopic (exact) mass is 306 g/mol. The maximum absolute atomic E-state index is 13.4. The molecule has 5 nitrogen and oxygen atoms in total. The Balaban J connectivity index is 1.77. The second-order valence-electron chi connectivity index (χ2n) is 5.94. The van der Waals surface area contributed by atoms with Crippen LogP contribution in [0.2, 0.25) is 0 Å². The van der Waals surface area contributed by atoms with Crippen LogP contribution in [0.15, 0.2) is 24.3 Å². The molecule has 0 atom stereocenters. The lowest BCUT2D eigenvalue weighted by molar-refractivity contribution is -0.149. The second kappa shape index (κ2) is 5.68. The number of hydrogen-bond acceptors (Lipinski definition) is 3. The summed E-state index contributed by atoms with van der Waals surface area (Å²) in [6.45, 7) is 3.21. The number of hydrogen-bond donors (Lipinski definition) is 0. The Bertz CT molecular complexity index is 597. The van der Waals surface area contributed by atoms with E-state index < -0.39 is 5.60 Å². The van der Waals surface area contributed by atoms with Crippen LogP contribution >= 0.6 is 0 Å². The minimum absolute atomic E-state index is 0.00339. The molecule has 2 heterocycles.